The van der Waals surface area contributed by atoms with Gasteiger partial charge in [0.05, 0.1) is 0 Å². The Morgan fingerprint density at radius 3 is 2.50 bits per heavy atom. The van der Waals surface area contributed by atoms with E-state index in [4.69, 9.17) is 0 Å². The number of aliphatic hydroxyl groups excluding tert-OH is 1. The smallest absolute Gasteiger partial charge is 0.163 e. The predicted molar refractivity (Wildman–Crippen MR) is 92.7 cm³/mol. The molecule has 0 unspecified atom stereocenters. The maximum Gasteiger partial charge on any atom is 0.163 e. The van der Waals surface area contributed by atoms with Gasteiger partial charge in [-0.1, -0.05) is 34.1 Å². The van der Waals surface area contributed by atoms with Crippen LogP contribution in [0.1, 0.15) is 80.8 Å². The minimum absolute atomic E-state index is 0.0273. The third-order valence-corrected chi connectivity index (χ3v) is 6.60. The summed E-state index contributed by atoms with van der Waals surface area (Å²) < 4.78 is 0. The van der Waals surface area contributed by atoms with Gasteiger partial charge in [0.1, 0.15) is 0 Å². The number of phenols is 2. The first-order valence-electron chi connectivity index (χ1n) is 8.87. The van der Waals surface area contributed by atoms with E-state index in [-0.39, 0.29) is 46.6 Å². The molecule has 4 heteroatoms. The fraction of sp³-hybridized carbons (Fsp3) is 0.650. The van der Waals surface area contributed by atoms with Crippen molar-refractivity contribution in [2.75, 3.05) is 6.61 Å². The molecular formula is C20H28O4. The Morgan fingerprint density at radius 2 is 1.88 bits per heavy atom. The number of carbonyl (C=O) groups excluding carboxylic acids is 1. The van der Waals surface area contributed by atoms with Gasteiger partial charge < -0.3 is 15.3 Å². The van der Waals surface area contributed by atoms with Crippen LogP contribution < -0.4 is 0 Å². The molecule has 0 bridgehead atoms. The molecule has 0 aromatic heterocycles. The van der Waals surface area contributed by atoms with Gasteiger partial charge in [-0.15, -0.1) is 0 Å². The van der Waals surface area contributed by atoms with Crippen LogP contribution in [0.5, 0.6) is 11.5 Å². The topological polar surface area (TPSA) is 77.8 Å². The van der Waals surface area contributed by atoms with Gasteiger partial charge in [0, 0.05) is 41.1 Å². The summed E-state index contributed by atoms with van der Waals surface area (Å²) in [4.78, 5) is 12.8. The number of hydrogen-bond donors (Lipinski definition) is 3. The number of aromatic hydroxyl groups is 2. The Labute approximate surface area is 143 Å². The number of carbonyl (C=O) groups is 1. The summed E-state index contributed by atoms with van der Waals surface area (Å²) in [7, 11) is 0. The van der Waals surface area contributed by atoms with Gasteiger partial charge in [0.15, 0.2) is 17.3 Å². The van der Waals surface area contributed by atoms with Crippen molar-refractivity contribution in [2.24, 2.45) is 11.3 Å². The zero-order chi connectivity index (χ0) is 17.9. The van der Waals surface area contributed by atoms with Crippen molar-refractivity contribution in [3.8, 4) is 11.5 Å². The second kappa shape index (κ2) is 5.48. The highest BCUT2D eigenvalue weighted by Gasteiger charge is 2.53. The van der Waals surface area contributed by atoms with Crippen molar-refractivity contribution in [2.45, 2.75) is 64.7 Å². The van der Waals surface area contributed by atoms with E-state index >= 15 is 0 Å². The molecule has 0 aliphatic heterocycles. The number of ketones is 1. The van der Waals surface area contributed by atoms with Crippen molar-refractivity contribution in [1.82, 2.24) is 0 Å². The second-order valence-electron chi connectivity index (χ2n) is 8.61. The number of Topliss-reactive ketones (excluding diaryl/α,β-unsaturated/α-hetero) is 1. The number of aliphatic hydroxyl groups is 1. The molecule has 132 valence electrons. The van der Waals surface area contributed by atoms with Crippen molar-refractivity contribution in [3.05, 3.63) is 22.8 Å². The van der Waals surface area contributed by atoms with Crippen LogP contribution in [0.15, 0.2) is 6.07 Å². The Hall–Kier alpha value is -1.55. The molecule has 24 heavy (non-hydrogen) atoms. The number of rotatable bonds is 2. The maximum atomic E-state index is 12.8. The third kappa shape index (κ3) is 2.26. The van der Waals surface area contributed by atoms with Gasteiger partial charge >= 0.3 is 0 Å². The van der Waals surface area contributed by atoms with Crippen molar-refractivity contribution in [1.29, 1.82) is 0 Å². The molecule has 4 nitrogen and oxygen atoms in total. The highest BCUT2D eigenvalue weighted by Crippen LogP contribution is 2.60. The standard InChI is InChI=1S/C20H28O4/c1-11(10-21)12-8-13-14(22)9-15-19(2,3)6-5-7-20(15,4)16(13)18(24)17(12)23/h8,11,15,21,23-24H,5-7,9-10H2,1-4H3/t11-,15+,20+/m1/s1. The lowest BCUT2D eigenvalue weighted by Crippen LogP contribution is -2.49. The SMILES string of the molecule is C[C@H](CO)c1cc2c(c(O)c1O)[C@@]1(C)CCCC(C)(C)[C@@H]1CC2=O. The molecule has 1 aromatic carbocycles. The van der Waals surface area contributed by atoms with Crippen molar-refractivity contribution in [3.63, 3.8) is 0 Å². The summed E-state index contributed by atoms with van der Waals surface area (Å²) in [6.45, 7) is 8.15. The first-order chi connectivity index (χ1) is 11.1. The van der Waals surface area contributed by atoms with E-state index in [1.165, 1.54) is 0 Å². The average molecular weight is 332 g/mol. The molecule has 0 spiro atoms. The minimum atomic E-state index is -0.331. The fourth-order valence-electron chi connectivity index (χ4n) is 5.17. The molecule has 3 atom stereocenters. The lowest BCUT2D eigenvalue weighted by Gasteiger charge is -2.53. The highest BCUT2D eigenvalue weighted by atomic mass is 16.3. The van der Waals surface area contributed by atoms with E-state index in [1.54, 1.807) is 13.0 Å². The summed E-state index contributed by atoms with van der Waals surface area (Å²) in [6.07, 6.45) is 3.50. The van der Waals surface area contributed by atoms with Crippen LogP contribution in [0.2, 0.25) is 0 Å². The molecule has 2 aliphatic rings. The number of benzene rings is 1. The molecule has 0 amide bonds. The quantitative estimate of drug-likeness (QED) is 0.719. The normalized spacial score (nSPS) is 29.7. The first kappa shape index (κ1) is 17.3. The van der Waals surface area contributed by atoms with Gasteiger partial charge in [-0.2, -0.15) is 0 Å². The lowest BCUT2D eigenvalue weighted by molar-refractivity contribution is 0.0354. The van der Waals surface area contributed by atoms with E-state index in [1.807, 2.05) is 0 Å². The molecule has 1 saturated carbocycles. The molecule has 2 aliphatic carbocycles. The summed E-state index contributed by atoms with van der Waals surface area (Å²) in [6, 6.07) is 1.69. The molecule has 0 heterocycles. The van der Waals surface area contributed by atoms with Crippen LogP contribution in [0.25, 0.3) is 0 Å². The summed E-state index contributed by atoms with van der Waals surface area (Å²) >= 11 is 0. The first-order valence-corrected chi connectivity index (χ1v) is 8.87. The minimum Gasteiger partial charge on any atom is -0.504 e. The van der Waals surface area contributed by atoms with E-state index in [0.717, 1.165) is 19.3 Å². The fourth-order valence-corrected chi connectivity index (χ4v) is 5.17. The van der Waals surface area contributed by atoms with E-state index in [2.05, 4.69) is 20.8 Å². The molecule has 0 saturated heterocycles. The van der Waals surface area contributed by atoms with Crippen LogP contribution in [0, 0.1) is 11.3 Å². The van der Waals surface area contributed by atoms with E-state index in [9.17, 15) is 20.1 Å². The van der Waals surface area contributed by atoms with Gasteiger partial charge in [-0.3, -0.25) is 4.79 Å². The van der Waals surface area contributed by atoms with Crippen LogP contribution in [0.3, 0.4) is 0 Å². The van der Waals surface area contributed by atoms with Gasteiger partial charge in [0.25, 0.3) is 0 Å². The Morgan fingerprint density at radius 1 is 1.21 bits per heavy atom. The van der Waals surface area contributed by atoms with Gasteiger partial charge in [-0.25, -0.2) is 0 Å². The number of phenolic OH excluding ortho intramolecular Hbond substituents is 2. The summed E-state index contributed by atoms with van der Waals surface area (Å²) in [5, 5.41) is 30.7. The Bertz CT molecular complexity index is 691. The van der Waals surface area contributed by atoms with E-state index < -0.39 is 0 Å². The van der Waals surface area contributed by atoms with Crippen molar-refractivity contribution >= 4 is 5.78 Å². The molecule has 1 fully saturated rings. The van der Waals surface area contributed by atoms with Crippen LogP contribution in [-0.4, -0.2) is 27.7 Å². The lowest BCUT2D eigenvalue weighted by atomic mass is 9.50. The molecular weight excluding hydrogens is 304 g/mol. The summed E-state index contributed by atoms with van der Waals surface area (Å²) in [5.41, 5.74) is 1.30. The van der Waals surface area contributed by atoms with Crippen molar-refractivity contribution < 1.29 is 20.1 Å². The van der Waals surface area contributed by atoms with E-state index in [0.29, 0.717) is 23.1 Å². The Balaban J connectivity index is 2.26. The van der Waals surface area contributed by atoms with Gasteiger partial charge in [0.2, 0.25) is 0 Å². The molecule has 0 radical (unpaired) electrons. The summed E-state index contributed by atoms with van der Waals surface area (Å²) in [5.74, 6) is -0.494. The third-order valence-electron chi connectivity index (χ3n) is 6.60. The largest absolute Gasteiger partial charge is 0.504 e. The average Bonchev–Trinajstić information content (AvgIpc) is 2.51. The van der Waals surface area contributed by atoms with Gasteiger partial charge in [-0.05, 0) is 30.2 Å². The number of fused-ring (bicyclic) bond motifs is 3. The maximum absolute atomic E-state index is 12.8. The molecule has 3 rings (SSSR count). The predicted octanol–water partition coefficient (Wildman–Crippen LogP) is 3.86. The van der Waals surface area contributed by atoms with Crippen LogP contribution >= 0.6 is 0 Å². The molecule has 1 aromatic rings. The number of hydrogen-bond acceptors (Lipinski definition) is 4. The zero-order valence-electron chi connectivity index (χ0n) is 15.0. The Kier molecular flexibility index (Phi) is 3.95. The monoisotopic (exact) mass is 332 g/mol. The zero-order valence-corrected chi connectivity index (χ0v) is 15.0. The van der Waals surface area contributed by atoms with Crippen LogP contribution in [0.4, 0.5) is 0 Å². The highest BCUT2D eigenvalue weighted by molar-refractivity contribution is 6.01. The second-order valence-corrected chi connectivity index (χ2v) is 8.61. The van der Waals surface area contributed by atoms with Crippen LogP contribution in [-0.2, 0) is 5.41 Å². The molecule has 3 N–H and O–H groups in total.